The molecule has 2 aliphatic rings. The van der Waals surface area contributed by atoms with Crippen LogP contribution < -0.4 is 10.6 Å². The Hall–Kier alpha value is -4.00. The van der Waals surface area contributed by atoms with Gasteiger partial charge in [-0.1, -0.05) is 0 Å². The first-order valence-corrected chi connectivity index (χ1v) is 12.9. The molecule has 0 bridgehead atoms. The molecule has 1 saturated carbocycles. The van der Waals surface area contributed by atoms with Gasteiger partial charge in [-0.3, -0.25) is 19.1 Å². The number of alkyl carbamates (subject to hydrolysis) is 1. The fourth-order valence-corrected chi connectivity index (χ4v) is 5.16. The molecule has 0 aromatic carbocycles. The van der Waals surface area contributed by atoms with E-state index in [9.17, 15) is 9.18 Å². The second-order valence-corrected chi connectivity index (χ2v) is 10.3. The number of H-pyrrole nitrogens is 1. The van der Waals surface area contributed by atoms with Crippen molar-refractivity contribution in [3.05, 3.63) is 54.4 Å². The van der Waals surface area contributed by atoms with Crippen molar-refractivity contribution < 1.29 is 13.9 Å². The molecule has 1 saturated heterocycles. The van der Waals surface area contributed by atoms with Crippen molar-refractivity contribution in [1.29, 1.82) is 0 Å². The van der Waals surface area contributed by atoms with Crippen molar-refractivity contribution in [2.75, 3.05) is 18.4 Å². The molecule has 0 unspecified atom stereocenters. The van der Waals surface area contributed by atoms with E-state index in [2.05, 4.69) is 35.8 Å². The van der Waals surface area contributed by atoms with Crippen LogP contribution in [0.3, 0.4) is 0 Å². The largest absolute Gasteiger partial charge is 0.443 e. The van der Waals surface area contributed by atoms with Crippen LogP contribution in [0.5, 0.6) is 0 Å². The van der Waals surface area contributed by atoms with Gasteiger partial charge in [0.25, 0.3) is 0 Å². The van der Waals surface area contributed by atoms with Crippen molar-refractivity contribution in [3.63, 3.8) is 0 Å². The number of likely N-dealkylation sites (tertiary alicyclic amines) is 1. The minimum absolute atomic E-state index is 0.0700. The second-order valence-electron chi connectivity index (χ2n) is 10.3. The van der Waals surface area contributed by atoms with Crippen molar-refractivity contribution in [2.45, 2.75) is 63.5 Å². The van der Waals surface area contributed by atoms with Crippen LogP contribution in [0.2, 0.25) is 0 Å². The van der Waals surface area contributed by atoms with Crippen LogP contribution in [0.1, 0.15) is 50.0 Å². The summed E-state index contributed by atoms with van der Waals surface area (Å²) >= 11 is 0. The number of hydrogen-bond donors (Lipinski definition) is 3. The lowest BCUT2D eigenvalue weighted by atomic mass is 10.0. The van der Waals surface area contributed by atoms with Gasteiger partial charge in [0.15, 0.2) is 5.82 Å². The zero-order valence-corrected chi connectivity index (χ0v) is 21.3. The highest BCUT2D eigenvalue weighted by Crippen LogP contribution is 2.38. The molecule has 0 radical (unpaired) electrons. The van der Waals surface area contributed by atoms with E-state index in [0.717, 1.165) is 36.7 Å². The molecule has 0 spiro atoms. The minimum Gasteiger partial charge on any atom is -0.443 e. The molecule has 13 heteroatoms. The predicted molar refractivity (Wildman–Crippen MR) is 137 cm³/mol. The summed E-state index contributed by atoms with van der Waals surface area (Å²) < 4.78 is 23.8. The van der Waals surface area contributed by atoms with Gasteiger partial charge in [0, 0.05) is 68.1 Å². The summed E-state index contributed by atoms with van der Waals surface area (Å²) in [5, 5.41) is 17.6. The van der Waals surface area contributed by atoms with E-state index in [1.165, 1.54) is 0 Å². The molecule has 1 amide bonds. The third kappa shape index (κ3) is 5.05. The lowest BCUT2D eigenvalue weighted by molar-refractivity contribution is 0.0593. The first-order valence-electron chi connectivity index (χ1n) is 12.9. The van der Waals surface area contributed by atoms with Crippen LogP contribution in [0, 0.1) is 0 Å². The number of nitrogens with one attached hydrogen (secondary N) is 3. The quantitative estimate of drug-likeness (QED) is 0.322. The van der Waals surface area contributed by atoms with E-state index in [-0.39, 0.29) is 18.4 Å². The predicted octanol–water partition coefficient (Wildman–Crippen LogP) is 3.17. The average Bonchev–Trinajstić information content (AvgIpc) is 3.64. The Bertz CT molecular complexity index is 1390. The summed E-state index contributed by atoms with van der Waals surface area (Å²) in [5.74, 6) is 1.02. The molecular weight excluding hydrogens is 491 g/mol. The first-order chi connectivity index (χ1) is 18.4. The van der Waals surface area contributed by atoms with Gasteiger partial charge in [-0.2, -0.15) is 10.2 Å². The second kappa shape index (κ2) is 10.0. The topological polar surface area (TPSA) is 130 Å². The van der Waals surface area contributed by atoms with Crippen LogP contribution in [0.15, 0.2) is 43.0 Å². The SMILES string of the molecule is CC(C)NC(=O)O[C@H]1C[C@@H](c2cc(Nc3nccc4nc(CN5CC(n6cccn6)C5)cn34)n[nH]2)C[C@H]1F. The molecule has 38 heavy (non-hydrogen) atoms. The molecule has 2 fully saturated rings. The average molecular weight is 523 g/mol. The summed E-state index contributed by atoms with van der Waals surface area (Å²) in [6.45, 7) is 6.27. The number of imidazole rings is 1. The Balaban J connectivity index is 1.08. The van der Waals surface area contributed by atoms with Gasteiger partial charge in [-0.05, 0) is 38.8 Å². The van der Waals surface area contributed by atoms with Gasteiger partial charge in [-0.25, -0.2) is 19.2 Å². The Morgan fingerprint density at radius 1 is 1.29 bits per heavy atom. The Labute approximate surface area is 218 Å². The molecule has 6 rings (SSSR count). The summed E-state index contributed by atoms with van der Waals surface area (Å²) in [7, 11) is 0. The van der Waals surface area contributed by atoms with Crippen molar-refractivity contribution in [2.24, 2.45) is 0 Å². The minimum atomic E-state index is -1.22. The van der Waals surface area contributed by atoms with Gasteiger partial charge in [0.05, 0.1) is 11.7 Å². The molecule has 4 aromatic heterocycles. The van der Waals surface area contributed by atoms with Crippen molar-refractivity contribution in [3.8, 4) is 0 Å². The van der Waals surface area contributed by atoms with Crippen LogP contribution >= 0.6 is 0 Å². The number of rotatable bonds is 8. The highest BCUT2D eigenvalue weighted by atomic mass is 19.1. The van der Waals surface area contributed by atoms with Crippen molar-refractivity contribution in [1.82, 2.24) is 44.6 Å². The van der Waals surface area contributed by atoms with Gasteiger partial charge < -0.3 is 15.4 Å². The number of hydrogen-bond acceptors (Lipinski definition) is 8. The van der Waals surface area contributed by atoms with Crippen LogP contribution in [0.4, 0.5) is 21.0 Å². The van der Waals surface area contributed by atoms with Gasteiger partial charge in [0.2, 0.25) is 5.95 Å². The lowest BCUT2D eigenvalue weighted by Crippen LogP contribution is -2.47. The van der Waals surface area contributed by atoms with E-state index in [4.69, 9.17) is 9.72 Å². The molecule has 1 aliphatic heterocycles. The number of aromatic amines is 1. The van der Waals surface area contributed by atoms with Gasteiger partial charge in [-0.15, -0.1) is 0 Å². The van der Waals surface area contributed by atoms with E-state index in [1.54, 1.807) is 12.4 Å². The molecule has 4 aromatic rings. The Morgan fingerprint density at radius 3 is 2.95 bits per heavy atom. The van der Waals surface area contributed by atoms with Crippen LogP contribution in [0.25, 0.3) is 5.65 Å². The number of halogens is 1. The zero-order chi connectivity index (χ0) is 26.2. The summed E-state index contributed by atoms with van der Waals surface area (Å²) in [6.07, 6.45) is 5.55. The third-order valence-electron chi connectivity index (χ3n) is 7.03. The number of fused-ring (bicyclic) bond motifs is 1. The van der Waals surface area contributed by atoms with Crippen molar-refractivity contribution >= 4 is 23.5 Å². The maximum atomic E-state index is 14.6. The summed E-state index contributed by atoms with van der Waals surface area (Å²) in [4.78, 5) is 23.5. The summed E-state index contributed by atoms with van der Waals surface area (Å²) in [6, 6.07) is 5.99. The fraction of sp³-hybridized carbons (Fsp3) is 0.480. The van der Waals surface area contributed by atoms with E-state index < -0.39 is 18.4 Å². The van der Waals surface area contributed by atoms with Crippen LogP contribution in [-0.2, 0) is 11.3 Å². The number of amides is 1. The molecular formula is C25H31FN10O2. The maximum Gasteiger partial charge on any atom is 0.407 e. The Morgan fingerprint density at radius 2 is 2.16 bits per heavy atom. The summed E-state index contributed by atoms with van der Waals surface area (Å²) in [5.41, 5.74) is 2.52. The van der Waals surface area contributed by atoms with E-state index in [0.29, 0.717) is 24.2 Å². The van der Waals surface area contributed by atoms with E-state index in [1.807, 2.05) is 53.5 Å². The standard InChI is InChI=1S/C25H31FN10O2/c1-15(2)29-25(37)38-21-9-16(8-19(21)26)20-10-22(33-32-20)31-24-27-6-4-23-30-17(12-35(23)24)11-34-13-18(14-34)36-7-3-5-28-36/h3-7,10,12,15-16,18-19,21H,8-9,11,13-14H2,1-2H3,(H,29,37)(H2,27,31,32,33)/t16-,19+,21-/m0/s1. The third-order valence-corrected chi connectivity index (χ3v) is 7.03. The maximum absolute atomic E-state index is 14.6. The zero-order valence-electron chi connectivity index (χ0n) is 21.3. The van der Waals surface area contributed by atoms with E-state index >= 15 is 0 Å². The number of anilines is 2. The monoisotopic (exact) mass is 522 g/mol. The molecule has 200 valence electrons. The van der Waals surface area contributed by atoms with Gasteiger partial charge >= 0.3 is 6.09 Å². The molecule has 3 atom stereocenters. The normalized spacial score (nSPS) is 22.2. The molecule has 1 aliphatic carbocycles. The number of aromatic nitrogens is 7. The number of carbonyl (C=O) groups excluding carboxylic acids is 1. The number of nitrogens with zero attached hydrogens (tertiary/aromatic N) is 7. The smallest absolute Gasteiger partial charge is 0.407 e. The number of alkyl halides is 1. The molecule has 12 nitrogen and oxygen atoms in total. The number of carbonyl (C=O) groups is 1. The highest BCUT2D eigenvalue weighted by Gasteiger charge is 2.39. The first kappa shape index (κ1) is 24.3. The number of ether oxygens (including phenoxy) is 1. The molecule has 3 N–H and O–H groups in total. The molecule has 5 heterocycles. The fourth-order valence-electron chi connectivity index (χ4n) is 5.16. The highest BCUT2D eigenvalue weighted by molar-refractivity contribution is 5.67. The Kier molecular flexibility index (Phi) is 6.44. The lowest BCUT2D eigenvalue weighted by Gasteiger charge is -2.38. The van der Waals surface area contributed by atoms with Crippen LogP contribution in [-0.4, -0.2) is 76.7 Å². The van der Waals surface area contributed by atoms with Gasteiger partial charge in [0.1, 0.15) is 17.9 Å².